The fraction of sp³-hybridized carbons (Fsp3) is 1.00. The molecule has 0 bridgehead atoms. The zero-order valence-corrected chi connectivity index (χ0v) is 16.0. The molecule has 0 saturated heterocycles. The van der Waals surface area contributed by atoms with Crippen LogP contribution in [-0.4, -0.2) is 12.3 Å². The summed E-state index contributed by atoms with van der Waals surface area (Å²) in [5.41, 5.74) is 0. The van der Waals surface area contributed by atoms with Gasteiger partial charge in [-0.3, -0.25) is 0 Å². The van der Waals surface area contributed by atoms with Crippen LogP contribution in [0.1, 0.15) is 90.9 Å². The first kappa shape index (κ1) is 22.4. The molecule has 115 valence electrons. The second-order valence-electron chi connectivity index (χ2n) is 5.29. The predicted molar refractivity (Wildman–Crippen MR) is 89.0 cm³/mol. The summed E-state index contributed by atoms with van der Waals surface area (Å²) in [6.45, 7) is 4.59. The van der Waals surface area contributed by atoms with E-state index in [0.29, 0.717) is 0 Å². The fourth-order valence-electron chi connectivity index (χ4n) is 2.19. The van der Waals surface area contributed by atoms with Crippen molar-refractivity contribution >= 4 is 8.58 Å². The van der Waals surface area contributed by atoms with Crippen LogP contribution in [0.2, 0.25) is 0 Å². The third-order valence-electron chi connectivity index (χ3n) is 3.41. The molecule has 1 nitrogen and oxygen atoms in total. The van der Waals surface area contributed by atoms with Crippen molar-refractivity contribution in [3.8, 4) is 0 Å². The molecule has 0 aromatic rings. The van der Waals surface area contributed by atoms with Crippen LogP contribution >= 0.6 is 8.58 Å². The van der Waals surface area contributed by atoms with E-state index in [0.717, 1.165) is 0 Å². The van der Waals surface area contributed by atoms with Gasteiger partial charge in [-0.05, 0) is 25.2 Å². The third-order valence-corrected chi connectivity index (χ3v) is 4.83. The molecule has 0 rings (SSSR count). The van der Waals surface area contributed by atoms with Gasteiger partial charge in [0.05, 0.1) is 0 Å². The van der Waals surface area contributed by atoms with Crippen LogP contribution < -0.4 is 4.22 Å². The standard InChI is InChI=1S/C16H35P.H2N.Ti/c1-3-5-7-9-11-13-15-17-16-14-12-10-8-6-4-2;;/h17H,3-16H2,1-2H3;1H2;/q;-1;+1. The van der Waals surface area contributed by atoms with Gasteiger partial charge in [-0.2, -0.15) is 0 Å². The molecule has 0 fully saturated rings. The molecule has 3 heteroatoms. The first-order valence-corrected chi connectivity index (χ1v) is 10.7. The molecule has 0 heterocycles. The quantitative estimate of drug-likeness (QED) is 0.244. The summed E-state index contributed by atoms with van der Waals surface area (Å²) in [6, 6.07) is 0. The summed E-state index contributed by atoms with van der Waals surface area (Å²) in [6.07, 6.45) is 20.5. The average molecular weight is 322 g/mol. The molecule has 0 spiro atoms. The van der Waals surface area contributed by atoms with E-state index in [-0.39, 0.29) is 0 Å². The monoisotopic (exact) mass is 322 g/mol. The van der Waals surface area contributed by atoms with Gasteiger partial charge in [0, 0.05) is 0 Å². The van der Waals surface area contributed by atoms with E-state index in [9.17, 15) is 0 Å². The first-order chi connectivity index (χ1) is 9.41. The average Bonchev–Trinajstić information content (AvgIpc) is 2.46. The molecule has 0 amide bonds. The number of nitrogens with two attached hydrogens (primary N) is 1. The van der Waals surface area contributed by atoms with Gasteiger partial charge in [-0.1, -0.05) is 78.1 Å². The van der Waals surface area contributed by atoms with Gasteiger partial charge in [-0.15, -0.1) is 8.58 Å². The SMILES string of the molecule is CCCCCCCCPCCCCCCCC.[NH2][Ti]. The zero-order valence-electron chi connectivity index (χ0n) is 13.5. The van der Waals surface area contributed by atoms with E-state index in [1.54, 1.807) is 0 Å². The van der Waals surface area contributed by atoms with Gasteiger partial charge >= 0.3 is 24.9 Å². The number of hydrogen-bond acceptors (Lipinski definition) is 1. The molecule has 0 atom stereocenters. The van der Waals surface area contributed by atoms with Crippen molar-refractivity contribution in [1.29, 1.82) is 0 Å². The van der Waals surface area contributed by atoms with Crippen molar-refractivity contribution in [2.75, 3.05) is 12.3 Å². The van der Waals surface area contributed by atoms with Crippen LogP contribution in [0.5, 0.6) is 0 Å². The normalized spacial score (nSPS) is 10.0. The number of rotatable bonds is 14. The van der Waals surface area contributed by atoms with Gasteiger partial charge in [-0.25, -0.2) is 0 Å². The van der Waals surface area contributed by atoms with E-state index in [1.807, 2.05) is 0 Å². The minimum absolute atomic E-state index is 1.26. The Morgan fingerprint density at radius 1 is 0.579 bits per heavy atom. The Balaban J connectivity index is 0. The molecule has 0 saturated carbocycles. The van der Waals surface area contributed by atoms with E-state index < -0.39 is 0 Å². The van der Waals surface area contributed by atoms with Gasteiger partial charge < -0.3 is 0 Å². The van der Waals surface area contributed by atoms with Crippen molar-refractivity contribution in [3.63, 3.8) is 0 Å². The summed E-state index contributed by atoms with van der Waals surface area (Å²) in [5.74, 6) is 0. The third kappa shape index (κ3) is 24.5. The molecule has 2 N–H and O–H groups in total. The molecule has 0 radical (unpaired) electrons. The van der Waals surface area contributed by atoms with Crippen LogP contribution in [0.25, 0.3) is 0 Å². The first-order valence-electron chi connectivity index (χ1n) is 8.41. The summed E-state index contributed by atoms with van der Waals surface area (Å²) in [7, 11) is 1.26. The Morgan fingerprint density at radius 3 is 1.26 bits per heavy atom. The number of hydrogen-bond donors (Lipinski definition) is 1. The van der Waals surface area contributed by atoms with Crippen molar-refractivity contribution in [2.45, 2.75) is 90.9 Å². The zero-order chi connectivity index (χ0) is 14.6. The Hall–Kier alpha value is 1.10. The Morgan fingerprint density at radius 2 is 0.895 bits per heavy atom. The summed E-state index contributed by atoms with van der Waals surface area (Å²) in [4.78, 5) is 0. The number of unbranched alkanes of at least 4 members (excludes halogenated alkanes) is 10. The molecular weight excluding hydrogens is 285 g/mol. The summed E-state index contributed by atoms with van der Waals surface area (Å²) >= 11 is 1.50. The summed E-state index contributed by atoms with van der Waals surface area (Å²) < 4.78 is 4.50. The fourth-order valence-corrected chi connectivity index (χ4v) is 3.44. The van der Waals surface area contributed by atoms with Crippen molar-refractivity contribution < 1.29 is 20.7 Å². The summed E-state index contributed by atoms with van der Waals surface area (Å²) in [5, 5.41) is 0. The predicted octanol–water partition coefficient (Wildman–Crippen LogP) is 5.79. The Labute approximate surface area is 136 Å². The van der Waals surface area contributed by atoms with Crippen molar-refractivity contribution in [3.05, 3.63) is 0 Å². The van der Waals surface area contributed by atoms with E-state index >= 15 is 0 Å². The van der Waals surface area contributed by atoms with Crippen molar-refractivity contribution in [2.24, 2.45) is 4.22 Å². The second-order valence-corrected chi connectivity index (χ2v) is 6.79. The molecule has 0 aromatic carbocycles. The maximum absolute atomic E-state index is 4.50. The van der Waals surface area contributed by atoms with Gasteiger partial charge in [0.2, 0.25) is 0 Å². The van der Waals surface area contributed by atoms with Crippen molar-refractivity contribution in [1.82, 2.24) is 0 Å². The Kier molecular flexibility index (Phi) is 28.4. The van der Waals surface area contributed by atoms with Gasteiger partial charge in [0.15, 0.2) is 0 Å². The molecule has 0 aliphatic carbocycles. The van der Waals surface area contributed by atoms with Crippen LogP contribution in [0.4, 0.5) is 0 Å². The Bertz CT molecular complexity index is 120. The maximum atomic E-state index is 4.50. The van der Waals surface area contributed by atoms with E-state index in [2.05, 4.69) is 18.1 Å². The molecule has 0 unspecified atom stereocenters. The molecule has 0 aromatic heterocycles. The van der Waals surface area contributed by atoms with E-state index in [4.69, 9.17) is 0 Å². The van der Waals surface area contributed by atoms with E-state index in [1.165, 1.54) is 119 Å². The molecule has 19 heavy (non-hydrogen) atoms. The minimum atomic E-state index is 1.26. The van der Waals surface area contributed by atoms with Crippen LogP contribution in [0.15, 0.2) is 0 Å². The van der Waals surface area contributed by atoms with Gasteiger partial charge in [0.25, 0.3) is 0 Å². The van der Waals surface area contributed by atoms with Gasteiger partial charge in [0.1, 0.15) is 0 Å². The molecular formula is C16H37NPTi. The van der Waals surface area contributed by atoms with Crippen LogP contribution in [0, 0.1) is 0 Å². The topological polar surface area (TPSA) is 26.0 Å². The van der Waals surface area contributed by atoms with Crippen LogP contribution in [-0.2, 0) is 20.7 Å². The molecule has 0 aliphatic heterocycles. The second kappa shape index (κ2) is 24.1. The van der Waals surface area contributed by atoms with Crippen LogP contribution in [0.3, 0.4) is 0 Å². The molecule has 0 aliphatic rings.